The van der Waals surface area contributed by atoms with E-state index in [1.165, 1.54) is 6.07 Å². The summed E-state index contributed by atoms with van der Waals surface area (Å²) in [6.45, 7) is 0.0821. The Bertz CT molecular complexity index is 643. The predicted molar refractivity (Wildman–Crippen MR) is 78.2 cm³/mol. The highest BCUT2D eigenvalue weighted by molar-refractivity contribution is 6.21. The third-order valence-electron chi connectivity index (χ3n) is 3.13. The maximum absolute atomic E-state index is 12.1. The van der Waals surface area contributed by atoms with Gasteiger partial charge >= 0.3 is 0 Å². The fraction of sp³-hybridized carbons (Fsp3) is 0.417. The van der Waals surface area contributed by atoms with Gasteiger partial charge in [-0.3, -0.25) is 4.79 Å². The lowest BCUT2D eigenvalue weighted by atomic mass is 9.92. The Labute approximate surface area is 125 Å². The van der Waals surface area contributed by atoms with Crippen LogP contribution in [0.1, 0.15) is 28.8 Å². The number of halogens is 1. The van der Waals surface area contributed by atoms with Crippen LogP contribution in [0.2, 0.25) is 0 Å². The Morgan fingerprint density at radius 1 is 1.33 bits per heavy atom. The predicted octanol–water partition coefficient (Wildman–Crippen LogP) is 3.94. The molecule has 1 aliphatic rings. The van der Waals surface area contributed by atoms with Crippen LogP contribution in [0, 0.1) is 0 Å². The topological polar surface area (TPSA) is 127 Å². The Morgan fingerprint density at radius 2 is 2.10 bits per heavy atom. The van der Waals surface area contributed by atoms with Gasteiger partial charge in [0.05, 0.1) is 6.54 Å². The zero-order valence-corrected chi connectivity index (χ0v) is 11.7. The Balaban J connectivity index is 2.19. The number of nitrogens with zero attached hydrogens (tertiary/aromatic N) is 6. The summed E-state index contributed by atoms with van der Waals surface area (Å²) in [7, 11) is 0. The van der Waals surface area contributed by atoms with Crippen LogP contribution < -0.4 is 5.32 Å². The summed E-state index contributed by atoms with van der Waals surface area (Å²) in [4.78, 5) is 17.5. The van der Waals surface area contributed by atoms with Crippen molar-refractivity contribution in [2.24, 2.45) is 10.2 Å². The van der Waals surface area contributed by atoms with Gasteiger partial charge in [0.2, 0.25) is 0 Å². The van der Waals surface area contributed by atoms with E-state index in [-0.39, 0.29) is 23.9 Å². The zero-order chi connectivity index (χ0) is 15.2. The largest absolute Gasteiger partial charge is 0.349 e. The van der Waals surface area contributed by atoms with Gasteiger partial charge in [0.25, 0.3) is 5.91 Å². The molecule has 0 aromatic heterocycles. The van der Waals surface area contributed by atoms with Gasteiger partial charge < -0.3 is 5.32 Å². The van der Waals surface area contributed by atoms with Gasteiger partial charge in [-0.05, 0) is 47.7 Å². The minimum Gasteiger partial charge on any atom is -0.349 e. The minimum atomic E-state index is -0.263. The number of carbonyl (C=O) groups is 1. The molecule has 1 aromatic carbocycles. The van der Waals surface area contributed by atoms with Crippen molar-refractivity contribution in [2.75, 3.05) is 0 Å². The van der Waals surface area contributed by atoms with Gasteiger partial charge in [-0.15, -0.1) is 11.6 Å². The molecule has 0 heterocycles. The van der Waals surface area contributed by atoms with E-state index in [2.05, 4.69) is 25.4 Å². The summed E-state index contributed by atoms with van der Waals surface area (Å²) in [5, 5.41) is 9.90. The number of hydrogen-bond acceptors (Lipinski definition) is 3. The van der Waals surface area contributed by atoms with Crippen LogP contribution in [-0.2, 0) is 6.54 Å². The molecule has 1 aliphatic carbocycles. The van der Waals surface area contributed by atoms with Gasteiger partial charge in [0.1, 0.15) is 0 Å². The molecule has 2 rings (SSSR count). The molecule has 0 atom stereocenters. The standard InChI is InChI=1S/C12H12ClN7O/c13-9-4-10(5-9)17-12(21)8-1-7(6-16-19-14)2-11(3-8)18-20-15/h1-3,9-10H,4-6H2,(H,17,21). The molecule has 1 fully saturated rings. The SMILES string of the molecule is [N-]=[N+]=NCc1cc(N=[N+]=[N-])cc(C(=O)NC2CC(Cl)C2)c1. The summed E-state index contributed by atoms with van der Waals surface area (Å²) in [5.41, 5.74) is 18.1. The molecular formula is C12H12ClN7O. The second kappa shape index (κ2) is 6.85. The van der Waals surface area contributed by atoms with E-state index in [0.29, 0.717) is 16.8 Å². The molecule has 1 saturated carbocycles. The molecule has 0 unspecified atom stereocenters. The van der Waals surface area contributed by atoms with Gasteiger partial charge in [-0.1, -0.05) is 10.2 Å². The van der Waals surface area contributed by atoms with Crippen molar-refractivity contribution >= 4 is 23.2 Å². The first-order valence-electron chi connectivity index (χ1n) is 6.27. The molecule has 1 aromatic rings. The minimum absolute atomic E-state index is 0.0729. The Morgan fingerprint density at radius 3 is 2.71 bits per heavy atom. The molecule has 0 radical (unpaired) electrons. The average Bonchev–Trinajstić information content (AvgIpc) is 2.43. The van der Waals surface area contributed by atoms with Crippen molar-refractivity contribution in [1.82, 2.24) is 5.32 Å². The van der Waals surface area contributed by atoms with E-state index < -0.39 is 0 Å². The first-order valence-corrected chi connectivity index (χ1v) is 6.71. The molecule has 9 heteroatoms. The fourth-order valence-electron chi connectivity index (χ4n) is 2.05. The monoisotopic (exact) mass is 305 g/mol. The van der Waals surface area contributed by atoms with Gasteiger partial charge in [-0.2, -0.15) is 0 Å². The van der Waals surface area contributed by atoms with Crippen molar-refractivity contribution in [2.45, 2.75) is 30.8 Å². The Kier molecular flexibility index (Phi) is 4.90. The fourth-order valence-corrected chi connectivity index (χ4v) is 2.48. The van der Waals surface area contributed by atoms with E-state index in [1.807, 2.05) is 0 Å². The molecule has 108 valence electrons. The first-order chi connectivity index (χ1) is 10.1. The average molecular weight is 306 g/mol. The molecule has 0 saturated heterocycles. The van der Waals surface area contributed by atoms with Crippen LogP contribution in [-0.4, -0.2) is 17.3 Å². The van der Waals surface area contributed by atoms with Crippen molar-refractivity contribution in [1.29, 1.82) is 0 Å². The molecule has 1 amide bonds. The van der Waals surface area contributed by atoms with Gasteiger partial charge in [-0.25, -0.2) is 0 Å². The summed E-state index contributed by atoms with van der Waals surface area (Å²) in [6.07, 6.45) is 1.49. The third kappa shape index (κ3) is 4.03. The van der Waals surface area contributed by atoms with Crippen LogP contribution in [0.5, 0.6) is 0 Å². The number of carbonyl (C=O) groups excluding carboxylic acids is 1. The number of amides is 1. The maximum Gasteiger partial charge on any atom is 0.251 e. The summed E-state index contributed by atoms with van der Waals surface area (Å²) in [5.74, 6) is -0.263. The second-order valence-electron chi connectivity index (χ2n) is 4.71. The second-order valence-corrected chi connectivity index (χ2v) is 5.32. The highest BCUT2D eigenvalue weighted by Gasteiger charge is 2.28. The maximum atomic E-state index is 12.1. The van der Waals surface area contributed by atoms with Gasteiger partial charge in [0.15, 0.2) is 0 Å². The highest BCUT2D eigenvalue weighted by Crippen LogP contribution is 2.26. The van der Waals surface area contributed by atoms with Crippen LogP contribution in [0.4, 0.5) is 5.69 Å². The van der Waals surface area contributed by atoms with Crippen molar-refractivity contribution in [3.63, 3.8) is 0 Å². The number of rotatable bonds is 5. The number of nitrogens with one attached hydrogen (secondary N) is 1. The lowest BCUT2D eigenvalue weighted by molar-refractivity contribution is 0.0918. The molecule has 0 bridgehead atoms. The molecular weight excluding hydrogens is 294 g/mol. The van der Waals surface area contributed by atoms with E-state index >= 15 is 0 Å². The normalized spacial score (nSPS) is 19.7. The zero-order valence-electron chi connectivity index (χ0n) is 11.0. The molecule has 1 N–H and O–H groups in total. The van der Waals surface area contributed by atoms with Crippen molar-refractivity contribution < 1.29 is 4.79 Å². The quantitative estimate of drug-likeness (QED) is 0.376. The highest BCUT2D eigenvalue weighted by atomic mass is 35.5. The number of azide groups is 2. The van der Waals surface area contributed by atoms with E-state index in [1.54, 1.807) is 12.1 Å². The van der Waals surface area contributed by atoms with Crippen molar-refractivity contribution in [3.8, 4) is 0 Å². The molecule has 0 aliphatic heterocycles. The molecule has 21 heavy (non-hydrogen) atoms. The van der Waals surface area contributed by atoms with E-state index in [9.17, 15) is 4.79 Å². The Hall–Kier alpha value is -2.40. The van der Waals surface area contributed by atoms with Gasteiger partial charge in [0, 0.05) is 32.5 Å². The van der Waals surface area contributed by atoms with Crippen LogP contribution in [0.15, 0.2) is 28.4 Å². The summed E-state index contributed by atoms with van der Waals surface area (Å²) in [6, 6.07) is 4.75. The molecule has 0 spiro atoms. The van der Waals surface area contributed by atoms with E-state index in [4.69, 9.17) is 22.7 Å². The summed E-state index contributed by atoms with van der Waals surface area (Å²) < 4.78 is 0. The number of benzene rings is 1. The van der Waals surface area contributed by atoms with Crippen LogP contribution >= 0.6 is 11.6 Å². The smallest absolute Gasteiger partial charge is 0.251 e. The van der Waals surface area contributed by atoms with Crippen molar-refractivity contribution in [3.05, 3.63) is 50.2 Å². The van der Waals surface area contributed by atoms with E-state index in [0.717, 1.165) is 12.8 Å². The number of alkyl halides is 1. The number of hydrogen-bond donors (Lipinski definition) is 1. The lowest BCUT2D eigenvalue weighted by Gasteiger charge is -2.31. The lowest BCUT2D eigenvalue weighted by Crippen LogP contribution is -2.44. The summed E-state index contributed by atoms with van der Waals surface area (Å²) >= 11 is 5.87. The third-order valence-corrected chi connectivity index (χ3v) is 3.49. The van der Waals surface area contributed by atoms with Crippen LogP contribution in [0.25, 0.3) is 20.9 Å². The van der Waals surface area contributed by atoms with Crippen LogP contribution in [0.3, 0.4) is 0 Å². The molecule has 8 nitrogen and oxygen atoms in total. The first kappa shape index (κ1) is 15.0.